The van der Waals surface area contributed by atoms with Gasteiger partial charge < -0.3 is 14.6 Å². The number of hydrazone groups is 1. The van der Waals surface area contributed by atoms with E-state index in [0.29, 0.717) is 18.2 Å². The Morgan fingerprint density at radius 3 is 2.62 bits per heavy atom. The predicted octanol–water partition coefficient (Wildman–Crippen LogP) is 1.06. The van der Waals surface area contributed by atoms with Crippen LogP contribution in [0.2, 0.25) is 0 Å². The summed E-state index contributed by atoms with van der Waals surface area (Å²) in [5.41, 5.74) is 3.05. The summed E-state index contributed by atoms with van der Waals surface area (Å²) >= 11 is 0. The fraction of sp³-hybridized carbons (Fsp3) is 0.409. The predicted molar refractivity (Wildman–Crippen MR) is 108 cm³/mol. The van der Waals surface area contributed by atoms with E-state index >= 15 is 0 Å². The molecule has 2 N–H and O–H groups in total. The van der Waals surface area contributed by atoms with Crippen LogP contribution in [0.5, 0.6) is 0 Å². The normalized spacial score (nSPS) is 19.7. The van der Waals surface area contributed by atoms with Crippen molar-refractivity contribution in [3.63, 3.8) is 0 Å². The molecule has 29 heavy (non-hydrogen) atoms. The van der Waals surface area contributed by atoms with E-state index < -0.39 is 0 Å². The van der Waals surface area contributed by atoms with Crippen LogP contribution in [0, 0.1) is 6.92 Å². The van der Waals surface area contributed by atoms with Crippen molar-refractivity contribution < 1.29 is 18.9 Å². The van der Waals surface area contributed by atoms with Crippen LogP contribution in [0.4, 0.5) is 0 Å². The van der Waals surface area contributed by atoms with Crippen LogP contribution in [0.1, 0.15) is 42.2 Å². The topological polar surface area (TPSA) is 79.3 Å². The molecule has 0 spiro atoms. The molecule has 1 fully saturated rings. The number of rotatable bonds is 7. The summed E-state index contributed by atoms with van der Waals surface area (Å²) < 4.78 is 5.58. The van der Waals surface area contributed by atoms with Gasteiger partial charge in [-0.05, 0) is 37.5 Å². The summed E-state index contributed by atoms with van der Waals surface area (Å²) in [4.78, 5) is 25.9. The number of quaternary nitrogens is 1. The molecule has 1 unspecified atom stereocenters. The van der Waals surface area contributed by atoms with Gasteiger partial charge in [0.2, 0.25) is 0 Å². The van der Waals surface area contributed by atoms with Gasteiger partial charge in [-0.2, -0.15) is 5.10 Å². The molecule has 1 saturated carbocycles. The third kappa shape index (κ3) is 4.74. The highest BCUT2D eigenvalue weighted by Crippen LogP contribution is 2.32. The maximum atomic E-state index is 13.0. The molecule has 2 atom stereocenters. The molecular formula is C22H27N4O3+. The second-order valence-electron chi connectivity index (χ2n) is 8.04. The molecule has 2 amide bonds. The van der Waals surface area contributed by atoms with Gasteiger partial charge in [0, 0.05) is 12.5 Å². The Hall–Kier alpha value is -2.93. The lowest BCUT2D eigenvalue weighted by molar-refractivity contribution is -0.863. The lowest BCUT2D eigenvalue weighted by Crippen LogP contribution is -3.11. The Labute approximate surface area is 170 Å². The number of amides is 2. The molecular weight excluding hydrogens is 368 g/mol. The summed E-state index contributed by atoms with van der Waals surface area (Å²) in [7, 11) is 1.85. The number of carbonyl (C=O) groups excluding carboxylic acids is 2. The van der Waals surface area contributed by atoms with E-state index in [2.05, 4.69) is 10.4 Å². The third-order valence-electron chi connectivity index (χ3n) is 5.28. The monoisotopic (exact) mass is 395 g/mol. The van der Waals surface area contributed by atoms with Crippen LogP contribution in [0.25, 0.3) is 0 Å². The second-order valence-corrected chi connectivity index (χ2v) is 8.04. The van der Waals surface area contributed by atoms with E-state index in [-0.39, 0.29) is 30.9 Å². The van der Waals surface area contributed by atoms with Gasteiger partial charge in [-0.1, -0.05) is 29.8 Å². The van der Waals surface area contributed by atoms with Crippen LogP contribution in [0.3, 0.4) is 0 Å². The van der Waals surface area contributed by atoms with Gasteiger partial charge >= 0.3 is 0 Å². The molecule has 2 aliphatic rings. The zero-order valence-corrected chi connectivity index (χ0v) is 16.9. The molecule has 0 saturated heterocycles. The average molecular weight is 395 g/mol. The molecule has 0 bridgehead atoms. The number of hydrogen-bond acceptors (Lipinski definition) is 4. The summed E-state index contributed by atoms with van der Waals surface area (Å²) in [6, 6.07) is 11.9. The Morgan fingerprint density at radius 2 is 1.97 bits per heavy atom. The van der Waals surface area contributed by atoms with Crippen LogP contribution in [-0.4, -0.2) is 48.7 Å². The van der Waals surface area contributed by atoms with Crippen LogP contribution in [-0.2, 0) is 9.59 Å². The van der Waals surface area contributed by atoms with Crippen molar-refractivity contribution in [2.75, 3.05) is 20.1 Å². The van der Waals surface area contributed by atoms with Gasteiger partial charge in [-0.25, -0.2) is 5.01 Å². The minimum Gasteiger partial charge on any atom is -0.467 e. The first kappa shape index (κ1) is 19.4. The maximum Gasteiger partial charge on any atom is 0.298 e. The van der Waals surface area contributed by atoms with E-state index in [1.807, 2.05) is 50.4 Å². The van der Waals surface area contributed by atoms with Crippen LogP contribution >= 0.6 is 0 Å². The number of nitrogens with one attached hydrogen (secondary N) is 2. The SMILES string of the molecule is Cc1ccc(C2=NN(C(=O)C[NH+](C)CC(=O)NC3CC3)[C@@H](c3ccco3)C2)cc1. The van der Waals surface area contributed by atoms with Gasteiger partial charge in [0.05, 0.1) is 19.0 Å². The van der Waals surface area contributed by atoms with Crippen molar-refractivity contribution in [2.45, 2.75) is 38.3 Å². The fourth-order valence-electron chi connectivity index (χ4n) is 3.55. The van der Waals surface area contributed by atoms with E-state index in [1.165, 1.54) is 10.6 Å². The molecule has 1 aromatic heterocycles. The molecule has 1 aromatic carbocycles. The number of carbonyl (C=O) groups is 2. The van der Waals surface area contributed by atoms with Crippen molar-refractivity contribution in [3.8, 4) is 0 Å². The summed E-state index contributed by atoms with van der Waals surface area (Å²) in [6.07, 6.45) is 4.32. The third-order valence-corrected chi connectivity index (χ3v) is 5.28. The van der Waals surface area contributed by atoms with Crippen molar-refractivity contribution in [3.05, 3.63) is 59.5 Å². The van der Waals surface area contributed by atoms with Gasteiger partial charge in [-0.15, -0.1) is 0 Å². The number of nitrogens with zero attached hydrogens (tertiary/aromatic N) is 2. The van der Waals surface area contributed by atoms with E-state index in [9.17, 15) is 9.59 Å². The van der Waals surface area contributed by atoms with Crippen molar-refractivity contribution >= 4 is 17.5 Å². The number of hydrogen-bond donors (Lipinski definition) is 2. The number of benzene rings is 1. The fourth-order valence-corrected chi connectivity index (χ4v) is 3.55. The number of aryl methyl sites for hydroxylation is 1. The van der Waals surface area contributed by atoms with Gasteiger partial charge in [0.1, 0.15) is 11.8 Å². The Bertz CT molecular complexity index is 901. The van der Waals surface area contributed by atoms with E-state index in [0.717, 1.165) is 29.0 Å². The van der Waals surface area contributed by atoms with Crippen molar-refractivity contribution in [2.24, 2.45) is 5.10 Å². The zero-order valence-electron chi connectivity index (χ0n) is 16.9. The molecule has 0 radical (unpaired) electrons. The van der Waals surface area contributed by atoms with Crippen molar-refractivity contribution in [1.29, 1.82) is 0 Å². The molecule has 152 valence electrons. The molecule has 1 aliphatic carbocycles. The Morgan fingerprint density at radius 1 is 1.21 bits per heavy atom. The molecule has 2 heterocycles. The highest BCUT2D eigenvalue weighted by molar-refractivity contribution is 6.03. The lowest BCUT2D eigenvalue weighted by Gasteiger charge is -2.21. The molecule has 7 heteroatoms. The van der Waals surface area contributed by atoms with Crippen molar-refractivity contribution in [1.82, 2.24) is 10.3 Å². The number of furan rings is 1. The smallest absolute Gasteiger partial charge is 0.298 e. The van der Waals surface area contributed by atoms with Crippen LogP contribution in [0.15, 0.2) is 52.2 Å². The van der Waals surface area contributed by atoms with E-state index in [1.54, 1.807) is 6.26 Å². The van der Waals surface area contributed by atoms with E-state index in [4.69, 9.17) is 4.42 Å². The zero-order chi connectivity index (χ0) is 20.4. The van der Waals surface area contributed by atoms with Gasteiger partial charge in [-0.3, -0.25) is 9.59 Å². The molecule has 4 rings (SSSR count). The molecule has 2 aromatic rings. The lowest BCUT2D eigenvalue weighted by atomic mass is 10.0. The number of likely N-dealkylation sites (N-methyl/N-ethyl adjacent to an activating group) is 1. The highest BCUT2D eigenvalue weighted by Gasteiger charge is 2.36. The van der Waals surface area contributed by atoms with Gasteiger partial charge in [0.25, 0.3) is 11.8 Å². The highest BCUT2D eigenvalue weighted by atomic mass is 16.3. The minimum atomic E-state index is -0.262. The Balaban J connectivity index is 1.47. The summed E-state index contributed by atoms with van der Waals surface area (Å²) in [6.45, 7) is 2.51. The quantitative estimate of drug-likeness (QED) is 0.736. The second kappa shape index (κ2) is 8.21. The first-order chi connectivity index (χ1) is 14.0. The molecule has 1 aliphatic heterocycles. The first-order valence-corrected chi connectivity index (χ1v) is 10.1. The van der Waals surface area contributed by atoms with Gasteiger partial charge in [0.15, 0.2) is 13.1 Å². The largest absolute Gasteiger partial charge is 0.467 e. The standard InChI is InChI=1S/C22H26N4O3/c1-15-5-7-16(8-6-15)18-12-19(20-4-3-11-29-20)26(24-18)22(28)14-25(2)13-21(27)23-17-9-10-17/h3-8,11,17,19H,9-10,12-14H2,1-2H3,(H,23,27)/p+1/t19-/m1/s1. The summed E-state index contributed by atoms with van der Waals surface area (Å²) in [5, 5.41) is 9.13. The maximum absolute atomic E-state index is 13.0. The minimum absolute atomic E-state index is 0.00866. The van der Waals surface area contributed by atoms with Crippen LogP contribution < -0.4 is 10.2 Å². The first-order valence-electron chi connectivity index (χ1n) is 10.1. The summed E-state index contributed by atoms with van der Waals surface area (Å²) in [5.74, 6) is 0.587. The molecule has 7 nitrogen and oxygen atoms in total. The Kier molecular flexibility index (Phi) is 5.49. The average Bonchev–Trinajstić information content (AvgIpc) is 3.17.